The third kappa shape index (κ3) is 6.66. The van der Waals surface area contributed by atoms with E-state index in [-0.39, 0.29) is 29.4 Å². The lowest BCUT2D eigenvalue weighted by Crippen LogP contribution is -2.32. The fraction of sp³-hybridized carbons (Fsp3) is 0.280. The maximum Gasteiger partial charge on any atom is 0.296 e. The zero-order valence-electron chi connectivity index (χ0n) is 18.6. The molecular formula is C25H29NO5S2. The Bertz CT molecular complexity index is 1210. The number of unbranched alkanes of at least 4 members (excludes halogenated alkanes) is 1. The molecule has 0 spiro atoms. The molecule has 3 aromatic carbocycles. The van der Waals surface area contributed by atoms with Gasteiger partial charge in [-0.3, -0.25) is 8.49 Å². The maximum atomic E-state index is 13.4. The van der Waals surface area contributed by atoms with Crippen molar-refractivity contribution in [3.8, 4) is 0 Å². The molecule has 176 valence electrons. The van der Waals surface area contributed by atoms with Gasteiger partial charge in [-0.15, -0.1) is 0 Å². The van der Waals surface area contributed by atoms with E-state index in [9.17, 15) is 16.8 Å². The highest BCUT2D eigenvalue weighted by atomic mass is 32.2. The van der Waals surface area contributed by atoms with Crippen LogP contribution >= 0.6 is 0 Å². The van der Waals surface area contributed by atoms with E-state index in [0.29, 0.717) is 5.69 Å². The maximum absolute atomic E-state index is 13.4. The van der Waals surface area contributed by atoms with Crippen LogP contribution in [0.3, 0.4) is 0 Å². The third-order valence-electron chi connectivity index (χ3n) is 5.15. The Morgan fingerprint density at radius 1 is 0.727 bits per heavy atom. The lowest BCUT2D eigenvalue weighted by molar-refractivity contribution is 0.314. The minimum atomic E-state index is -3.89. The van der Waals surface area contributed by atoms with Gasteiger partial charge in [0, 0.05) is 6.54 Å². The van der Waals surface area contributed by atoms with Crippen molar-refractivity contribution < 1.29 is 21.0 Å². The summed E-state index contributed by atoms with van der Waals surface area (Å²) in [6, 6.07) is 23.6. The largest absolute Gasteiger partial charge is 0.296 e. The molecular weight excluding hydrogens is 458 g/mol. The molecule has 8 heteroatoms. The molecule has 3 rings (SSSR count). The summed E-state index contributed by atoms with van der Waals surface area (Å²) in [6.07, 6.45) is 3.30. The predicted molar refractivity (Wildman–Crippen MR) is 130 cm³/mol. The number of aryl methyl sites for hydroxylation is 1. The summed E-state index contributed by atoms with van der Waals surface area (Å²) in [5.74, 6) is 0. The van der Waals surface area contributed by atoms with E-state index in [1.54, 1.807) is 60.7 Å². The zero-order valence-corrected chi connectivity index (χ0v) is 20.3. The summed E-state index contributed by atoms with van der Waals surface area (Å²) in [7, 11) is -7.72. The Labute approximate surface area is 197 Å². The molecule has 33 heavy (non-hydrogen) atoms. The second-order valence-corrected chi connectivity index (χ2v) is 11.1. The van der Waals surface area contributed by atoms with Crippen LogP contribution in [0.2, 0.25) is 0 Å². The van der Waals surface area contributed by atoms with Gasteiger partial charge in [-0.25, -0.2) is 8.42 Å². The molecule has 0 fully saturated rings. The monoisotopic (exact) mass is 487 g/mol. The first kappa shape index (κ1) is 25.0. The van der Waals surface area contributed by atoms with Gasteiger partial charge in [-0.2, -0.15) is 8.42 Å². The standard InChI is InChI=1S/C25H29NO5S2/c1-2-3-11-22-16-18-23(19-17-22)26(32(27,28)24-12-6-4-7-13-24)20-10-21-31-33(29,30)25-14-8-5-9-15-25/h4-9,12-19H,2-3,10-11,20-21H2,1H3. The molecule has 0 radical (unpaired) electrons. The summed E-state index contributed by atoms with van der Waals surface area (Å²) in [6.45, 7) is 2.07. The van der Waals surface area contributed by atoms with Crippen LogP contribution in [0.4, 0.5) is 5.69 Å². The molecule has 0 atom stereocenters. The molecule has 0 N–H and O–H groups in total. The molecule has 0 aliphatic rings. The van der Waals surface area contributed by atoms with Crippen LogP contribution in [0.15, 0.2) is 94.7 Å². The summed E-state index contributed by atoms with van der Waals surface area (Å²) >= 11 is 0. The molecule has 0 saturated carbocycles. The van der Waals surface area contributed by atoms with Crippen LogP contribution in [0, 0.1) is 0 Å². The fourth-order valence-electron chi connectivity index (χ4n) is 3.35. The number of nitrogens with zero attached hydrogens (tertiary/aromatic N) is 1. The first-order chi connectivity index (χ1) is 15.8. The molecule has 6 nitrogen and oxygen atoms in total. The minimum Gasteiger partial charge on any atom is -0.266 e. The second-order valence-electron chi connectivity index (χ2n) is 7.60. The molecule has 3 aromatic rings. The van der Waals surface area contributed by atoms with E-state index in [2.05, 4.69) is 6.92 Å². The van der Waals surface area contributed by atoms with Gasteiger partial charge in [0.05, 0.1) is 22.1 Å². The van der Waals surface area contributed by atoms with E-state index in [1.165, 1.54) is 16.4 Å². The molecule has 0 amide bonds. The molecule has 0 unspecified atom stereocenters. The number of sulfonamides is 1. The molecule has 0 saturated heterocycles. The highest BCUT2D eigenvalue weighted by molar-refractivity contribution is 7.92. The quantitative estimate of drug-likeness (QED) is 0.265. The van der Waals surface area contributed by atoms with Crippen LogP contribution in [-0.4, -0.2) is 30.0 Å². The summed E-state index contributed by atoms with van der Waals surface area (Å²) in [5.41, 5.74) is 1.68. The van der Waals surface area contributed by atoms with Gasteiger partial charge >= 0.3 is 0 Å². The molecule has 0 bridgehead atoms. The van der Waals surface area contributed by atoms with Crippen molar-refractivity contribution in [1.82, 2.24) is 0 Å². The smallest absolute Gasteiger partial charge is 0.266 e. The Kier molecular flexibility index (Phi) is 8.66. The van der Waals surface area contributed by atoms with Gasteiger partial charge in [0.15, 0.2) is 0 Å². The number of hydrogen-bond donors (Lipinski definition) is 0. The van der Waals surface area contributed by atoms with Gasteiger partial charge in [-0.05, 0) is 61.2 Å². The van der Waals surface area contributed by atoms with Crippen molar-refractivity contribution >= 4 is 25.8 Å². The average molecular weight is 488 g/mol. The summed E-state index contributed by atoms with van der Waals surface area (Å²) in [4.78, 5) is 0.249. The van der Waals surface area contributed by atoms with Crippen LogP contribution in [0.1, 0.15) is 31.7 Å². The van der Waals surface area contributed by atoms with Crippen molar-refractivity contribution in [1.29, 1.82) is 0 Å². The van der Waals surface area contributed by atoms with Gasteiger partial charge in [0.1, 0.15) is 0 Å². The van der Waals surface area contributed by atoms with Gasteiger partial charge in [0.2, 0.25) is 0 Å². The number of anilines is 1. The highest BCUT2D eigenvalue weighted by Crippen LogP contribution is 2.25. The van der Waals surface area contributed by atoms with Gasteiger partial charge < -0.3 is 0 Å². The minimum absolute atomic E-state index is 0.0708. The SMILES string of the molecule is CCCCc1ccc(N(CCCOS(=O)(=O)c2ccccc2)S(=O)(=O)c2ccccc2)cc1. The molecule has 0 heterocycles. The Balaban J connectivity index is 1.76. The van der Waals surface area contributed by atoms with Crippen LogP contribution in [0.5, 0.6) is 0 Å². The summed E-state index contributed by atoms with van der Waals surface area (Å²) in [5, 5.41) is 0. The van der Waals surface area contributed by atoms with E-state index in [0.717, 1.165) is 24.8 Å². The number of hydrogen-bond acceptors (Lipinski definition) is 5. The lowest BCUT2D eigenvalue weighted by atomic mass is 10.1. The first-order valence-corrected chi connectivity index (χ1v) is 13.8. The van der Waals surface area contributed by atoms with Crippen molar-refractivity contribution in [3.05, 3.63) is 90.5 Å². The molecule has 0 aliphatic heterocycles. The predicted octanol–water partition coefficient (Wildman–Crippen LogP) is 5.02. The highest BCUT2D eigenvalue weighted by Gasteiger charge is 2.25. The van der Waals surface area contributed by atoms with Crippen LogP contribution in [-0.2, 0) is 30.7 Å². The Hall–Kier alpha value is -2.68. The van der Waals surface area contributed by atoms with Crippen LogP contribution < -0.4 is 4.31 Å². The first-order valence-electron chi connectivity index (χ1n) is 11.0. The van der Waals surface area contributed by atoms with E-state index in [1.807, 2.05) is 12.1 Å². The van der Waals surface area contributed by atoms with Crippen LogP contribution in [0.25, 0.3) is 0 Å². The lowest BCUT2D eigenvalue weighted by Gasteiger charge is -2.25. The van der Waals surface area contributed by atoms with Crippen molar-refractivity contribution in [2.24, 2.45) is 0 Å². The van der Waals surface area contributed by atoms with Crippen molar-refractivity contribution in [2.75, 3.05) is 17.5 Å². The normalized spacial score (nSPS) is 11.9. The van der Waals surface area contributed by atoms with Gasteiger partial charge in [0.25, 0.3) is 20.1 Å². The van der Waals surface area contributed by atoms with Crippen molar-refractivity contribution in [2.45, 2.75) is 42.4 Å². The van der Waals surface area contributed by atoms with E-state index < -0.39 is 20.1 Å². The molecule has 0 aromatic heterocycles. The third-order valence-corrected chi connectivity index (χ3v) is 8.32. The van der Waals surface area contributed by atoms with E-state index >= 15 is 0 Å². The van der Waals surface area contributed by atoms with E-state index in [4.69, 9.17) is 4.18 Å². The van der Waals surface area contributed by atoms with Crippen molar-refractivity contribution in [3.63, 3.8) is 0 Å². The Morgan fingerprint density at radius 3 is 1.88 bits per heavy atom. The topological polar surface area (TPSA) is 80.8 Å². The Morgan fingerprint density at radius 2 is 1.30 bits per heavy atom. The number of rotatable bonds is 12. The fourth-order valence-corrected chi connectivity index (χ4v) is 5.84. The number of benzene rings is 3. The molecule has 0 aliphatic carbocycles. The second kappa shape index (κ2) is 11.4. The average Bonchev–Trinajstić information content (AvgIpc) is 2.84. The van der Waals surface area contributed by atoms with Gasteiger partial charge in [-0.1, -0.05) is 61.9 Å². The zero-order chi connectivity index (χ0) is 23.7. The summed E-state index contributed by atoms with van der Waals surface area (Å²) < 4.78 is 57.9.